The lowest BCUT2D eigenvalue weighted by Gasteiger charge is -2.24. The minimum Gasteiger partial charge on any atom is -0.386 e. The van der Waals surface area contributed by atoms with E-state index in [2.05, 4.69) is 31.4 Å². The van der Waals surface area contributed by atoms with E-state index in [1.165, 1.54) is 0 Å². The van der Waals surface area contributed by atoms with Gasteiger partial charge in [0.1, 0.15) is 17.0 Å². The molecule has 28 heavy (non-hydrogen) atoms. The van der Waals surface area contributed by atoms with E-state index in [-0.39, 0.29) is 0 Å². The van der Waals surface area contributed by atoms with Crippen molar-refractivity contribution in [2.24, 2.45) is 0 Å². The molecule has 7 nitrogen and oxygen atoms in total. The van der Waals surface area contributed by atoms with Gasteiger partial charge in [0.25, 0.3) is 0 Å². The van der Waals surface area contributed by atoms with Crippen LogP contribution in [0.3, 0.4) is 0 Å². The zero-order valence-electron chi connectivity index (χ0n) is 17.1. The number of pyridine rings is 1. The highest BCUT2D eigenvalue weighted by Gasteiger charge is 2.24. The van der Waals surface area contributed by atoms with E-state index < -0.39 is 5.60 Å². The first-order valence-electron chi connectivity index (χ1n) is 9.48. The molecule has 4 rings (SSSR count). The summed E-state index contributed by atoms with van der Waals surface area (Å²) in [6.07, 6.45) is 1.75. The number of likely N-dealkylation sites (N-methyl/N-ethyl adjacent to an activating group) is 1. The summed E-state index contributed by atoms with van der Waals surface area (Å²) >= 11 is 0. The number of hydrogen-bond donors (Lipinski definition) is 2. The first kappa shape index (κ1) is 18.6. The number of hydrogen-bond acceptors (Lipinski definition) is 5. The van der Waals surface area contributed by atoms with Gasteiger partial charge in [-0.15, -0.1) is 0 Å². The average Bonchev–Trinajstić information content (AvgIpc) is 2.98. The van der Waals surface area contributed by atoms with Crippen LogP contribution >= 0.6 is 0 Å². The topological polar surface area (TPSA) is 75.3 Å². The highest BCUT2D eigenvalue weighted by atomic mass is 16.3. The Morgan fingerprint density at radius 3 is 2.54 bits per heavy atom. The molecule has 146 valence electrons. The number of imidazole rings is 1. The third kappa shape index (κ3) is 3.39. The first-order valence-corrected chi connectivity index (χ1v) is 9.48. The molecular formula is C21H27N6O+. The molecule has 0 unspecified atom stereocenters. The molecule has 7 heteroatoms. The van der Waals surface area contributed by atoms with Gasteiger partial charge in [0, 0.05) is 5.56 Å². The van der Waals surface area contributed by atoms with Crippen molar-refractivity contribution in [3.8, 4) is 0 Å². The number of anilines is 1. The quantitative estimate of drug-likeness (QED) is 0.522. The van der Waals surface area contributed by atoms with Crippen molar-refractivity contribution in [3.63, 3.8) is 0 Å². The number of quaternary nitrogens is 1. The van der Waals surface area contributed by atoms with Crippen LogP contribution < -0.4 is 5.32 Å². The van der Waals surface area contributed by atoms with E-state index in [4.69, 9.17) is 9.97 Å². The number of benzene rings is 1. The second kappa shape index (κ2) is 6.39. The Kier molecular flexibility index (Phi) is 4.24. The van der Waals surface area contributed by atoms with Crippen molar-refractivity contribution < 1.29 is 9.59 Å². The molecule has 2 N–H and O–H groups in total. The van der Waals surface area contributed by atoms with Crippen molar-refractivity contribution >= 4 is 33.7 Å². The van der Waals surface area contributed by atoms with E-state index >= 15 is 0 Å². The average molecular weight is 379 g/mol. The smallest absolute Gasteiger partial charge is 0.167 e. The van der Waals surface area contributed by atoms with Gasteiger partial charge in [-0.05, 0) is 32.0 Å². The fraction of sp³-hybridized carbons (Fsp3) is 0.381. The van der Waals surface area contributed by atoms with Crippen LogP contribution in [-0.4, -0.2) is 63.2 Å². The summed E-state index contributed by atoms with van der Waals surface area (Å²) in [5, 5.41) is 14.1. The molecule has 0 saturated heterocycles. The molecule has 4 aromatic rings. The summed E-state index contributed by atoms with van der Waals surface area (Å²) in [5.41, 5.74) is 3.67. The van der Waals surface area contributed by atoms with E-state index in [1.807, 2.05) is 34.7 Å². The monoisotopic (exact) mass is 379 g/mol. The molecule has 0 aliphatic heterocycles. The van der Waals surface area contributed by atoms with E-state index in [0.29, 0.717) is 5.65 Å². The van der Waals surface area contributed by atoms with Gasteiger partial charge in [-0.3, -0.25) is 4.40 Å². The summed E-state index contributed by atoms with van der Waals surface area (Å²) < 4.78 is 2.87. The number of aromatic nitrogens is 4. The van der Waals surface area contributed by atoms with Gasteiger partial charge < -0.3 is 14.9 Å². The maximum Gasteiger partial charge on any atom is 0.167 e. The molecule has 0 aliphatic carbocycles. The van der Waals surface area contributed by atoms with Crippen molar-refractivity contribution in [1.29, 1.82) is 0 Å². The molecular weight excluding hydrogens is 352 g/mol. The lowest BCUT2D eigenvalue weighted by atomic mass is 9.99. The molecule has 0 spiro atoms. The number of nitrogens with one attached hydrogen (secondary N) is 1. The minimum absolute atomic E-state index is 0.707. The van der Waals surface area contributed by atoms with Crippen LogP contribution in [-0.2, 0) is 5.60 Å². The fourth-order valence-electron chi connectivity index (χ4n) is 3.33. The molecule has 3 heterocycles. The van der Waals surface area contributed by atoms with Crippen molar-refractivity contribution in [1.82, 2.24) is 19.4 Å². The summed E-state index contributed by atoms with van der Waals surface area (Å²) in [4.78, 5) is 14.2. The third-order valence-electron chi connectivity index (χ3n) is 4.82. The summed E-state index contributed by atoms with van der Waals surface area (Å²) in [6, 6.07) is 9.82. The van der Waals surface area contributed by atoms with E-state index in [1.54, 1.807) is 20.0 Å². The van der Waals surface area contributed by atoms with Crippen molar-refractivity contribution in [3.05, 3.63) is 42.1 Å². The Labute approximate surface area is 164 Å². The maximum absolute atomic E-state index is 10.7. The second-order valence-corrected chi connectivity index (χ2v) is 8.78. The lowest BCUT2D eigenvalue weighted by Crippen LogP contribution is -2.38. The predicted molar refractivity (Wildman–Crippen MR) is 112 cm³/mol. The largest absolute Gasteiger partial charge is 0.386 e. The van der Waals surface area contributed by atoms with Crippen molar-refractivity contribution in [2.75, 3.05) is 39.5 Å². The molecule has 0 fully saturated rings. The van der Waals surface area contributed by atoms with Crippen LogP contribution in [0.2, 0.25) is 0 Å². The molecule has 1 aromatic carbocycles. The summed E-state index contributed by atoms with van der Waals surface area (Å²) in [5.74, 6) is 0.732. The number of rotatable bonds is 5. The first-order chi connectivity index (χ1) is 13.1. The van der Waals surface area contributed by atoms with Crippen LogP contribution in [0.4, 0.5) is 5.82 Å². The highest BCUT2D eigenvalue weighted by Crippen LogP contribution is 2.31. The SMILES string of the molecule is CC(C)(O)c1cc2ncc(NCC[N+](C)(C)C)nc2n2c1nc1ccccc12. The Bertz CT molecular complexity index is 1170. The van der Waals surface area contributed by atoms with Gasteiger partial charge in [-0.1, -0.05) is 12.1 Å². The van der Waals surface area contributed by atoms with Crippen LogP contribution in [0.15, 0.2) is 36.5 Å². The van der Waals surface area contributed by atoms with Crippen LogP contribution in [0.5, 0.6) is 0 Å². The Morgan fingerprint density at radius 2 is 1.82 bits per heavy atom. The predicted octanol–water partition coefficient (Wildman–Crippen LogP) is 2.78. The molecule has 0 radical (unpaired) electrons. The fourth-order valence-corrected chi connectivity index (χ4v) is 3.33. The number of fused-ring (bicyclic) bond motifs is 5. The molecule has 3 aromatic heterocycles. The van der Waals surface area contributed by atoms with Gasteiger partial charge >= 0.3 is 0 Å². The van der Waals surface area contributed by atoms with Crippen molar-refractivity contribution in [2.45, 2.75) is 19.4 Å². The zero-order chi connectivity index (χ0) is 20.1. The van der Waals surface area contributed by atoms with Gasteiger partial charge in [0.2, 0.25) is 0 Å². The highest BCUT2D eigenvalue weighted by molar-refractivity contribution is 5.89. The number of aliphatic hydroxyl groups is 1. The molecule has 0 bridgehead atoms. The summed E-state index contributed by atoms with van der Waals surface area (Å²) in [7, 11) is 6.48. The van der Waals surface area contributed by atoms with Crippen LogP contribution in [0.1, 0.15) is 19.4 Å². The number of para-hydroxylation sites is 2. The lowest BCUT2D eigenvalue weighted by molar-refractivity contribution is -0.868. The van der Waals surface area contributed by atoms with Crippen LogP contribution in [0.25, 0.3) is 27.8 Å². The van der Waals surface area contributed by atoms with Gasteiger partial charge in [0.15, 0.2) is 5.65 Å². The minimum atomic E-state index is -1.04. The standard InChI is InChI=1S/C21H27N6O/c1-21(2,28)14-12-16-20(25-18(13-23-16)22-10-11-27(3,4)5)26-17-9-7-6-8-15(17)24-19(14)26/h6-9,12-13,28H,10-11H2,1-5H3,(H,22,25)/q+1. The summed E-state index contributed by atoms with van der Waals surface area (Å²) in [6.45, 7) is 5.31. The maximum atomic E-state index is 10.7. The van der Waals surface area contributed by atoms with E-state index in [9.17, 15) is 5.11 Å². The zero-order valence-corrected chi connectivity index (χ0v) is 17.1. The van der Waals surface area contributed by atoms with E-state index in [0.717, 1.165) is 51.2 Å². The molecule has 0 amide bonds. The van der Waals surface area contributed by atoms with Gasteiger partial charge in [0.05, 0.1) is 57.1 Å². The Balaban J connectivity index is 1.92. The number of nitrogens with zero attached hydrogens (tertiary/aromatic N) is 5. The Morgan fingerprint density at radius 1 is 1.07 bits per heavy atom. The normalized spacial score (nSPS) is 12.9. The molecule has 0 aliphatic rings. The second-order valence-electron chi connectivity index (χ2n) is 8.78. The van der Waals surface area contributed by atoms with Gasteiger partial charge in [-0.2, -0.15) is 0 Å². The van der Waals surface area contributed by atoms with Gasteiger partial charge in [-0.25, -0.2) is 15.0 Å². The van der Waals surface area contributed by atoms with Crippen LogP contribution in [0, 0.1) is 0 Å². The molecule has 0 saturated carbocycles. The third-order valence-corrected chi connectivity index (χ3v) is 4.82. The Hall–Kier alpha value is -2.77. The molecule has 0 atom stereocenters.